The molecule has 0 fully saturated rings. The van der Waals surface area contributed by atoms with Crippen LogP contribution < -0.4 is 10.7 Å². The van der Waals surface area contributed by atoms with Crippen LogP contribution in [0.15, 0.2) is 47.6 Å². The molecular weight excluding hydrogens is 328 g/mol. The highest BCUT2D eigenvalue weighted by Crippen LogP contribution is 2.16. The van der Waals surface area contributed by atoms with E-state index in [0.29, 0.717) is 6.54 Å². The zero-order valence-corrected chi connectivity index (χ0v) is 12.9. The van der Waals surface area contributed by atoms with Crippen LogP contribution in [0.4, 0.5) is 8.78 Å². The van der Waals surface area contributed by atoms with E-state index in [2.05, 4.69) is 15.8 Å². The number of hydrogen-bond acceptors (Lipinski definition) is 2. The summed E-state index contributed by atoms with van der Waals surface area (Å²) in [4.78, 5) is 0. The Balaban J connectivity index is 1.85. The number of rotatable bonds is 4. The van der Waals surface area contributed by atoms with Crippen molar-refractivity contribution in [2.24, 2.45) is 5.10 Å². The molecule has 2 aromatic rings. The molecule has 22 heavy (non-hydrogen) atoms. The second-order valence-corrected chi connectivity index (χ2v) is 5.13. The van der Waals surface area contributed by atoms with E-state index in [1.54, 1.807) is 18.2 Å². The van der Waals surface area contributed by atoms with Crippen molar-refractivity contribution in [1.82, 2.24) is 10.7 Å². The fourth-order valence-electron chi connectivity index (χ4n) is 1.61. The van der Waals surface area contributed by atoms with E-state index < -0.39 is 5.82 Å². The lowest BCUT2D eigenvalue weighted by Crippen LogP contribution is -2.31. The van der Waals surface area contributed by atoms with E-state index in [4.69, 9.17) is 23.8 Å². The predicted octanol–water partition coefficient (Wildman–Crippen LogP) is 3.62. The first-order valence-corrected chi connectivity index (χ1v) is 7.10. The number of halogens is 3. The second kappa shape index (κ2) is 7.82. The fourth-order valence-corrected chi connectivity index (χ4v) is 1.95. The van der Waals surface area contributed by atoms with E-state index in [1.165, 1.54) is 30.5 Å². The van der Waals surface area contributed by atoms with Crippen LogP contribution in [0.5, 0.6) is 0 Å². The van der Waals surface area contributed by atoms with Gasteiger partial charge in [0.1, 0.15) is 11.6 Å². The minimum atomic E-state index is -0.469. The largest absolute Gasteiger partial charge is 0.357 e. The lowest BCUT2D eigenvalue weighted by molar-refractivity contribution is 0.625. The van der Waals surface area contributed by atoms with E-state index in [-0.39, 0.29) is 21.5 Å². The predicted molar refractivity (Wildman–Crippen MR) is 88.0 cm³/mol. The molecular formula is C15H12ClF2N3S. The molecule has 0 saturated heterocycles. The van der Waals surface area contributed by atoms with E-state index in [0.717, 1.165) is 5.56 Å². The maximum Gasteiger partial charge on any atom is 0.187 e. The average molecular weight is 340 g/mol. The zero-order chi connectivity index (χ0) is 15.9. The maximum absolute atomic E-state index is 13.5. The fraction of sp³-hybridized carbons (Fsp3) is 0.0667. The number of nitrogens with one attached hydrogen (secondary N) is 2. The normalized spacial score (nSPS) is 10.7. The summed E-state index contributed by atoms with van der Waals surface area (Å²) in [5.41, 5.74) is 3.60. The Kier molecular flexibility index (Phi) is 5.80. The topological polar surface area (TPSA) is 36.4 Å². The van der Waals surface area contributed by atoms with Gasteiger partial charge in [0, 0.05) is 12.1 Å². The second-order valence-electron chi connectivity index (χ2n) is 4.31. The van der Waals surface area contributed by atoms with Crippen molar-refractivity contribution < 1.29 is 8.78 Å². The van der Waals surface area contributed by atoms with Crippen LogP contribution in [-0.4, -0.2) is 11.3 Å². The quantitative estimate of drug-likeness (QED) is 0.507. The number of benzene rings is 2. The molecule has 0 spiro atoms. The Morgan fingerprint density at radius 2 is 1.91 bits per heavy atom. The molecule has 0 aromatic heterocycles. The van der Waals surface area contributed by atoms with E-state index >= 15 is 0 Å². The molecule has 0 radical (unpaired) electrons. The molecule has 0 atom stereocenters. The van der Waals surface area contributed by atoms with Gasteiger partial charge < -0.3 is 5.32 Å². The van der Waals surface area contributed by atoms with E-state index in [1.807, 2.05) is 0 Å². The minimum Gasteiger partial charge on any atom is -0.357 e. The van der Waals surface area contributed by atoms with E-state index in [9.17, 15) is 8.78 Å². The third kappa shape index (κ3) is 4.75. The van der Waals surface area contributed by atoms with Crippen LogP contribution in [0.1, 0.15) is 11.1 Å². The third-order valence-electron chi connectivity index (χ3n) is 2.73. The summed E-state index contributed by atoms with van der Waals surface area (Å²) >= 11 is 10.9. The summed E-state index contributed by atoms with van der Waals surface area (Å²) in [6.07, 6.45) is 1.25. The first kappa shape index (κ1) is 16.3. The molecule has 0 saturated carbocycles. The molecule has 2 N–H and O–H groups in total. The van der Waals surface area contributed by atoms with Gasteiger partial charge in [-0.3, -0.25) is 5.43 Å². The lowest BCUT2D eigenvalue weighted by atomic mass is 10.2. The molecule has 0 unspecified atom stereocenters. The van der Waals surface area contributed by atoms with Gasteiger partial charge in [-0.1, -0.05) is 29.8 Å². The van der Waals surface area contributed by atoms with Crippen LogP contribution in [0.3, 0.4) is 0 Å². The summed E-state index contributed by atoms with van der Waals surface area (Å²) in [7, 11) is 0. The van der Waals surface area contributed by atoms with Crippen molar-refractivity contribution in [3.63, 3.8) is 0 Å². The van der Waals surface area contributed by atoms with Crippen molar-refractivity contribution in [2.45, 2.75) is 6.54 Å². The summed E-state index contributed by atoms with van der Waals surface area (Å²) < 4.78 is 26.3. The lowest BCUT2D eigenvalue weighted by Gasteiger charge is -2.07. The molecule has 0 aliphatic rings. The summed E-state index contributed by atoms with van der Waals surface area (Å²) in [5.74, 6) is -0.765. The Labute approximate surface area is 137 Å². The Hall–Kier alpha value is -2.05. The van der Waals surface area contributed by atoms with Crippen LogP contribution in [0, 0.1) is 11.6 Å². The van der Waals surface area contributed by atoms with Crippen LogP contribution >= 0.6 is 23.8 Å². The van der Waals surface area contributed by atoms with Gasteiger partial charge in [-0.2, -0.15) is 5.10 Å². The van der Waals surface area contributed by atoms with Gasteiger partial charge in [-0.05, 0) is 42.0 Å². The summed E-state index contributed by atoms with van der Waals surface area (Å²) in [6, 6.07) is 10.4. The molecule has 0 aliphatic carbocycles. The van der Waals surface area contributed by atoms with Gasteiger partial charge in [0.2, 0.25) is 0 Å². The van der Waals surface area contributed by atoms with Gasteiger partial charge >= 0.3 is 0 Å². The maximum atomic E-state index is 13.5. The highest BCUT2D eigenvalue weighted by atomic mass is 35.5. The molecule has 0 heterocycles. The monoisotopic (exact) mass is 339 g/mol. The molecule has 0 aliphatic heterocycles. The Morgan fingerprint density at radius 3 is 2.59 bits per heavy atom. The Morgan fingerprint density at radius 1 is 1.18 bits per heavy atom. The molecule has 2 rings (SSSR count). The highest BCUT2D eigenvalue weighted by molar-refractivity contribution is 7.80. The van der Waals surface area contributed by atoms with Crippen LogP contribution in [0.2, 0.25) is 5.02 Å². The first-order chi connectivity index (χ1) is 10.6. The molecule has 114 valence electrons. The van der Waals surface area contributed by atoms with Gasteiger partial charge in [0.05, 0.1) is 11.2 Å². The zero-order valence-electron chi connectivity index (χ0n) is 11.3. The van der Waals surface area contributed by atoms with Gasteiger partial charge in [-0.25, -0.2) is 8.78 Å². The average Bonchev–Trinajstić information content (AvgIpc) is 2.50. The molecule has 7 heteroatoms. The van der Waals surface area contributed by atoms with Gasteiger partial charge in [0.25, 0.3) is 0 Å². The molecule has 0 bridgehead atoms. The summed E-state index contributed by atoms with van der Waals surface area (Å²) in [5, 5.41) is 7.24. The standard InChI is InChI=1S/C15H12ClF2N3S/c16-13-2-1-3-14(18)12(13)9-20-21-15(22)19-8-10-4-6-11(17)7-5-10/h1-7,9H,8H2,(H2,19,21,22)/b20-9-. The summed E-state index contributed by atoms with van der Waals surface area (Å²) in [6.45, 7) is 0.419. The highest BCUT2D eigenvalue weighted by Gasteiger charge is 2.03. The van der Waals surface area contributed by atoms with Crippen molar-refractivity contribution in [3.8, 4) is 0 Å². The van der Waals surface area contributed by atoms with Gasteiger partial charge in [-0.15, -0.1) is 0 Å². The van der Waals surface area contributed by atoms with Crippen molar-refractivity contribution in [3.05, 3.63) is 70.2 Å². The molecule has 0 amide bonds. The van der Waals surface area contributed by atoms with Gasteiger partial charge in [0.15, 0.2) is 5.11 Å². The molecule has 2 aromatic carbocycles. The smallest absolute Gasteiger partial charge is 0.187 e. The SMILES string of the molecule is Fc1ccc(CNC(=S)N/N=C\c2c(F)cccc2Cl)cc1. The first-order valence-electron chi connectivity index (χ1n) is 6.31. The number of nitrogens with zero attached hydrogens (tertiary/aromatic N) is 1. The number of hydrazone groups is 1. The number of hydrogen-bond donors (Lipinski definition) is 2. The van der Waals surface area contributed by atoms with Crippen molar-refractivity contribution >= 4 is 35.1 Å². The molecule has 3 nitrogen and oxygen atoms in total. The minimum absolute atomic E-state index is 0.179. The Bertz CT molecular complexity index is 669. The number of thiocarbonyl (C=S) groups is 1. The van der Waals surface area contributed by atoms with Crippen LogP contribution in [0.25, 0.3) is 0 Å². The van der Waals surface area contributed by atoms with Crippen LogP contribution in [-0.2, 0) is 6.54 Å². The van der Waals surface area contributed by atoms with Crippen molar-refractivity contribution in [2.75, 3.05) is 0 Å². The third-order valence-corrected chi connectivity index (χ3v) is 3.29. The van der Waals surface area contributed by atoms with Crippen molar-refractivity contribution in [1.29, 1.82) is 0 Å².